The van der Waals surface area contributed by atoms with Crippen molar-refractivity contribution in [2.75, 3.05) is 19.5 Å². The molecule has 0 aliphatic carbocycles. The van der Waals surface area contributed by atoms with Crippen LogP contribution in [0, 0.1) is 0 Å². The maximum atomic E-state index is 12.5. The molecule has 7 heteroatoms. The first kappa shape index (κ1) is 17.0. The van der Waals surface area contributed by atoms with E-state index in [9.17, 15) is 13.2 Å². The number of anilines is 1. The van der Waals surface area contributed by atoms with E-state index in [1.54, 1.807) is 0 Å². The molecule has 0 saturated carbocycles. The first-order valence-corrected chi connectivity index (χ1v) is 8.33. The molecule has 0 radical (unpaired) electrons. The highest BCUT2D eigenvalue weighted by atomic mass is 32.2. The SMILES string of the molecule is COC(=O)Nc1ccc(S(=O)(=O)N(C)Cc2ccccc2)cc1. The van der Waals surface area contributed by atoms with Gasteiger partial charge in [-0.3, -0.25) is 5.32 Å². The molecule has 2 rings (SSSR count). The van der Waals surface area contributed by atoms with E-state index in [1.165, 1.54) is 42.7 Å². The van der Waals surface area contributed by atoms with Gasteiger partial charge in [0, 0.05) is 19.3 Å². The van der Waals surface area contributed by atoms with Crippen LogP contribution in [0.25, 0.3) is 0 Å². The summed E-state index contributed by atoms with van der Waals surface area (Å²) in [5, 5.41) is 2.47. The van der Waals surface area contributed by atoms with Crippen LogP contribution < -0.4 is 5.32 Å². The Morgan fingerprint density at radius 3 is 2.26 bits per heavy atom. The van der Waals surface area contributed by atoms with Crippen LogP contribution in [0.3, 0.4) is 0 Å². The second kappa shape index (κ2) is 7.26. The Kier molecular flexibility index (Phi) is 5.36. The molecule has 0 spiro atoms. The maximum absolute atomic E-state index is 12.5. The number of ether oxygens (including phenoxy) is 1. The van der Waals surface area contributed by atoms with Crippen molar-refractivity contribution in [3.8, 4) is 0 Å². The van der Waals surface area contributed by atoms with E-state index < -0.39 is 16.1 Å². The van der Waals surface area contributed by atoms with Gasteiger partial charge in [-0.2, -0.15) is 4.31 Å². The number of carbonyl (C=O) groups is 1. The number of amides is 1. The Labute approximate surface area is 135 Å². The van der Waals surface area contributed by atoms with Crippen LogP contribution >= 0.6 is 0 Å². The maximum Gasteiger partial charge on any atom is 0.411 e. The number of hydrogen-bond acceptors (Lipinski definition) is 4. The topological polar surface area (TPSA) is 75.7 Å². The number of carbonyl (C=O) groups excluding carboxylic acids is 1. The molecule has 0 aromatic heterocycles. The molecule has 0 fully saturated rings. The zero-order valence-electron chi connectivity index (χ0n) is 12.9. The highest BCUT2D eigenvalue weighted by Gasteiger charge is 2.20. The van der Waals surface area contributed by atoms with E-state index in [-0.39, 0.29) is 11.4 Å². The van der Waals surface area contributed by atoms with Crippen LogP contribution in [0.15, 0.2) is 59.5 Å². The Morgan fingerprint density at radius 1 is 1.09 bits per heavy atom. The predicted molar refractivity (Wildman–Crippen MR) is 87.6 cm³/mol. The second-order valence-corrected chi connectivity index (χ2v) is 6.93. The number of nitrogens with zero attached hydrogens (tertiary/aromatic N) is 1. The minimum atomic E-state index is -3.60. The van der Waals surface area contributed by atoms with Crippen LogP contribution in [-0.4, -0.2) is 33.0 Å². The van der Waals surface area contributed by atoms with Crippen LogP contribution in [0.2, 0.25) is 0 Å². The molecular weight excluding hydrogens is 316 g/mol. The van der Waals surface area contributed by atoms with Crippen molar-refractivity contribution in [3.05, 3.63) is 60.2 Å². The first-order valence-electron chi connectivity index (χ1n) is 6.89. The van der Waals surface area contributed by atoms with E-state index >= 15 is 0 Å². The normalized spacial score (nSPS) is 11.3. The molecule has 0 atom stereocenters. The van der Waals surface area contributed by atoms with Crippen molar-refractivity contribution >= 4 is 21.8 Å². The van der Waals surface area contributed by atoms with Crippen molar-refractivity contribution in [2.45, 2.75) is 11.4 Å². The number of rotatable bonds is 5. The number of benzene rings is 2. The molecule has 1 amide bonds. The molecule has 0 saturated heterocycles. The fraction of sp³-hybridized carbons (Fsp3) is 0.188. The smallest absolute Gasteiger partial charge is 0.411 e. The monoisotopic (exact) mass is 334 g/mol. The quantitative estimate of drug-likeness (QED) is 0.912. The van der Waals surface area contributed by atoms with Gasteiger partial charge in [-0.05, 0) is 29.8 Å². The van der Waals surface area contributed by atoms with Crippen molar-refractivity contribution in [1.29, 1.82) is 0 Å². The number of nitrogens with one attached hydrogen (secondary N) is 1. The van der Waals surface area contributed by atoms with Gasteiger partial charge in [0.15, 0.2) is 0 Å². The van der Waals surface area contributed by atoms with Crippen LogP contribution in [0.1, 0.15) is 5.56 Å². The molecule has 23 heavy (non-hydrogen) atoms. The van der Waals surface area contributed by atoms with Gasteiger partial charge >= 0.3 is 6.09 Å². The summed E-state index contributed by atoms with van der Waals surface area (Å²) in [5.74, 6) is 0. The van der Waals surface area contributed by atoms with Gasteiger partial charge < -0.3 is 4.74 Å². The standard InChI is InChI=1S/C16H18N2O4S/c1-18(12-13-6-4-3-5-7-13)23(20,21)15-10-8-14(9-11-15)17-16(19)22-2/h3-11H,12H2,1-2H3,(H,17,19). The average molecular weight is 334 g/mol. The Bertz CT molecular complexity index is 758. The summed E-state index contributed by atoms with van der Waals surface area (Å²) < 4.78 is 30.8. The fourth-order valence-corrected chi connectivity index (χ4v) is 3.14. The van der Waals surface area contributed by atoms with E-state index in [4.69, 9.17) is 0 Å². The number of methoxy groups -OCH3 is 1. The lowest BCUT2D eigenvalue weighted by molar-refractivity contribution is 0.187. The van der Waals surface area contributed by atoms with Gasteiger partial charge in [0.25, 0.3) is 0 Å². The van der Waals surface area contributed by atoms with Gasteiger partial charge in [0.05, 0.1) is 12.0 Å². The first-order chi connectivity index (χ1) is 10.9. The van der Waals surface area contributed by atoms with Crippen LogP contribution in [-0.2, 0) is 21.3 Å². The molecule has 0 aliphatic rings. The Hall–Kier alpha value is -2.38. The van der Waals surface area contributed by atoms with Gasteiger partial charge in [-0.25, -0.2) is 13.2 Å². The fourth-order valence-electron chi connectivity index (χ4n) is 1.98. The summed E-state index contributed by atoms with van der Waals surface area (Å²) in [4.78, 5) is 11.3. The number of hydrogen-bond donors (Lipinski definition) is 1. The summed E-state index contributed by atoms with van der Waals surface area (Å²) in [6.07, 6.45) is -0.609. The van der Waals surface area contributed by atoms with Crippen molar-refractivity contribution in [3.63, 3.8) is 0 Å². The minimum Gasteiger partial charge on any atom is -0.453 e. The highest BCUT2D eigenvalue weighted by molar-refractivity contribution is 7.89. The van der Waals surface area contributed by atoms with E-state index in [1.807, 2.05) is 30.3 Å². The number of sulfonamides is 1. The highest BCUT2D eigenvalue weighted by Crippen LogP contribution is 2.19. The zero-order valence-corrected chi connectivity index (χ0v) is 13.7. The van der Waals surface area contributed by atoms with Gasteiger partial charge in [0.2, 0.25) is 10.0 Å². The van der Waals surface area contributed by atoms with Gasteiger partial charge in [0.1, 0.15) is 0 Å². The lowest BCUT2D eigenvalue weighted by Gasteiger charge is -2.17. The largest absolute Gasteiger partial charge is 0.453 e. The van der Waals surface area contributed by atoms with Crippen molar-refractivity contribution in [2.24, 2.45) is 0 Å². The summed E-state index contributed by atoms with van der Waals surface area (Å²) >= 11 is 0. The third kappa shape index (κ3) is 4.30. The van der Waals surface area contributed by atoms with E-state index in [2.05, 4.69) is 10.1 Å². The van der Waals surface area contributed by atoms with E-state index in [0.29, 0.717) is 5.69 Å². The van der Waals surface area contributed by atoms with E-state index in [0.717, 1.165) is 5.56 Å². The molecule has 0 bridgehead atoms. The summed E-state index contributed by atoms with van der Waals surface area (Å²) in [6.45, 7) is 0.283. The third-order valence-electron chi connectivity index (χ3n) is 3.24. The Balaban J connectivity index is 2.14. The molecular formula is C16H18N2O4S. The Morgan fingerprint density at radius 2 is 1.70 bits per heavy atom. The molecule has 0 unspecified atom stereocenters. The molecule has 0 aliphatic heterocycles. The predicted octanol–water partition coefficient (Wildman–Crippen LogP) is 2.69. The summed E-state index contributed by atoms with van der Waals surface area (Å²) in [5.41, 5.74) is 1.36. The lowest BCUT2D eigenvalue weighted by Crippen LogP contribution is -2.26. The van der Waals surface area contributed by atoms with Crippen molar-refractivity contribution < 1.29 is 17.9 Å². The molecule has 122 valence electrons. The third-order valence-corrected chi connectivity index (χ3v) is 5.06. The van der Waals surface area contributed by atoms with Gasteiger partial charge in [-0.1, -0.05) is 30.3 Å². The van der Waals surface area contributed by atoms with Crippen LogP contribution in [0.4, 0.5) is 10.5 Å². The zero-order chi connectivity index (χ0) is 16.9. The summed E-state index contributed by atoms with van der Waals surface area (Å²) in [7, 11) is -0.811. The average Bonchev–Trinajstić information content (AvgIpc) is 2.56. The van der Waals surface area contributed by atoms with Crippen LogP contribution in [0.5, 0.6) is 0 Å². The summed E-state index contributed by atoms with van der Waals surface area (Å²) in [6, 6.07) is 15.3. The second-order valence-electron chi connectivity index (χ2n) is 4.89. The lowest BCUT2D eigenvalue weighted by atomic mass is 10.2. The van der Waals surface area contributed by atoms with Crippen molar-refractivity contribution in [1.82, 2.24) is 4.31 Å². The molecule has 6 nitrogen and oxygen atoms in total. The minimum absolute atomic E-state index is 0.159. The molecule has 1 N–H and O–H groups in total. The van der Waals surface area contributed by atoms with Gasteiger partial charge in [-0.15, -0.1) is 0 Å². The molecule has 2 aromatic carbocycles. The molecule has 0 heterocycles. The molecule has 2 aromatic rings.